The highest BCUT2D eigenvalue weighted by Crippen LogP contribution is 2.25. The average molecular weight is 257 g/mol. The number of hydrogen-bond acceptors (Lipinski definition) is 5. The Morgan fingerprint density at radius 2 is 1.63 bits per heavy atom. The van der Waals surface area contributed by atoms with Crippen molar-refractivity contribution in [2.75, 3.05) is 17.4 Å². The predicted molar refractivity (Wildman–Crippen MR) is 78.6 cm³/mol. The first-order chi connectivity index (χ1) is 8.99. The summed E-state index contributed by atoms with van der Waals surface area (Å²) in [5.74, 6) is 6.61. The van der Waals surface area contributed by atoms with Gasteiger partial charge in [-0.1, -0.05) is 6.07 Å². The number of hydrogen-bond donors (Lipinski definition) is 2. The molecule has 0 spiro atoms. The molecule has 0 saturated carbocycles. The Morgan fingerprint density at radius 1 is 1.00 bits per heavy atom. The van der Waals surface area contributed by atoms with Gasteiger partial charge in [-0.25, -0.2) is 10.8 Å². The van der Waals surface area contributed by atoms with Crippen LogP contribution < -0.4 is 16.2 Å². The van der Waals surface area contributed by atoms with Crippen molar-refractivity contribution < 1.29 is 0 Å². The number of aryl methyl sites for hydroxylation is 3. The van der Waals surface area contributed by atoms with E-state index in [2.05, 4.69) is 47.4 Å². The van der Waals surface area contributed by atoms with Crippen molar-refractivity contribution in [3.63, 3.8) is 0 Å². The molecule has 0 aliphatic heterocycles. The van der Waals surface area contributed by atoms with Crippen LogP contribution in [-0.4, -0.2) is 17.0 Å². The predicted octanol–water partition coefficient (Wildman–Crippen LogP) is 2.46. The molecule has 2 aromatic rings. The average Bonchev–Trinajstić information content (AvgIpc) is 2.35. The second-order valence-corrected chi connectivity index (χ2v) is 4.74. The zero-order valence-electron chi connectivity index (χ0n) is 11.7. The molecule has 5 heteroatoms. The number of nitrogens with two attached hydrogens (primary N) is 1. The van der Waals surface area contributed by atoms with Gasteiger partial charge in [0.2, 0.25) is 5.95 Å². The molecular formula is C14H19N5. The highest BCUT2D eigenvalue weighted by molar-refractivity contribution is 5.62. The zero-order valence-corrected chi connectivity index (χ0v) is 11.7. The highest BCUT2D eigenvalue weighted by Gasteiger charge is 2.09. The quantitative estimate of drug-likeness (QED) is 0.653. The van der Waals surface area contributed by atoms with E-state index in [9.17, 15) is 0 Å². The number of nitrogens with zero attached hydrogens (tertiary/aromatic N) is 3. The van der Waals surface area contributed by atoms with Crippen molar-refractivity contribution >= 4 is 17.5 Å². The summed E-state index contributed by atoms with van der Waals surface area (Å²) in [6.45, 7) is 6.09. The smallest absolute Gasteiger partial charge is 0.239 e. The number of nitrogens with one attached hydrogen (secondary N) is 1. The third kappa shape index (κ3) is 3.00. The van der Waals surface area contributed by atoms with Gasteiger partial charge in [0.1, 0.15) is 5.82 Å². The van der Waals surface area contributed by atoms with Gasteiger partial charge in [-0.2, -0.15) is 4.98 Å². The molecule has 0 bridgehead atoms. The Hall–Kier alpha value is -2.14. The molecule has 1 aromatic carbocycles. The summed E-state index contributed by atoms with van der Waals surface area (Å²) in [5.41, 5.74) is 6.91. The minimum Gasteiger partial charge on any atom is -0.329 e. The molecule has 0 aliphatic carbocycles. The van der Waals surface area contributed by atoms with Crippen molar-refractivity contribution in [1.29, 1.82) is 0 Å². The van der Waals surface area contributed by atoms with Crippen LogP contribution in [0.3, 0.4) is 0 Å². The van der Waals surface area contributed by atoms with Gasteiger partial charge in [0.05, 0.1) is 0 Å². The Balaban J connectivity index is 2.43. The lowest BCUT2D eigenvalue weighted by atomic mass is 10.1. The molecule has 1 aromatic heterocycles. The molecule has 1 heterocycles. The van der Waals surface area contributed by atoms with Gasteiger partial charge in [-0.05, 0) is 44.0 Å². The summed E-state index contributed by atoms with van der Waals surface area (Å²) in [6, 6.07) is 8.33. The van der Waals surface area contributed by atoms with E-state index in [1.807, 2.05) is 24.9 Å². The van der Waals surface area contributed by atoms with Crippen LogP contribution in [0.1, 0.15) is 16.8 Å². The molecule has 0 fully saturated rings. The Bertz CT molecular complexity index is 574. The summed E-state index contributed by atoms with van der Waals surface area (Å²) in [7, 11) is 1.98. The third-order valence-electron chi connectivity index (χ3n) is 2.91. The first-order valence-corrected chi connectivity index (χ1v) is 6.14. The van der Waals surface area contributed by atoms with Crippen molar-refractivity contribution in [3.8, 4) is 0 Å². The molecule has 0 atom stereocenters. The van der Waals surface area contributed by atoms with E-state index < -0.39 is 0 Å². The fraction of sp³-hybridized carbons (Fsp3) is 0.286. The number of nitrogen functional groups attached to an aromatic ring is 1. The third-order valence-corrected chi connectivity index (χ3v) is 2.91. The van der Waals surface area contributed by atoms with Gasteiger partial charge in [-0.15, -0.1) is 0 Å². The largest absolute Gasteiger partial charge is 0.329 e. The Morgan fingerprint density at radius 3 is 2.21 bits per heavy atom. The van der Waals surface area contributed by atoms with E-state index >= 15 is 0 Å². The van der Waals surface area contributed by atoms with E-state index in [0.29, 0.717) is 5.95 Å². The number of rotatable bonds is 3. The second-order valence-electron chi connectivity index (χ2n) is 4.74. The van der Waals surface area contributed by atoms with E-state index in [-0.39, 0.29) is 0 Å². The minimum atomic E-state index is 0.422. The number of aromatic nitrogens is 2. The second kappa shape index (κ2) is 5.24. The highest BCUT2D eigenvalue weighted by atomic mass is 15.3. The maximum atomic E-state index is 5.38. The Kier molecular flexibility index (Phi) is 3.66. The summed E-state index contributed by atoms with van der Waals surface area (Å²) >= 11 is 0. The lowest BCUT2D eigenvalue weighted by Crippen LogP contribution is -2.16. The lowest BCUT2D eigenvalue weighted by Gasteiger charge is -2.20. The van der Waals surface area contributed by atoms with Gasteiger partial charge < -0.3 is 4.90 Å². The monoisotopic (exact) mass is 257 g/mol. The lowest BCUT2D eigenvalue weighted by molar-refractivity contribution is 1.03. The van der Waals surface area contributed by atoms with Crippen LogP contribution in [0.5, 0.6) is 0 Å². The fourth-order valence-electron chi connectivity index (χ4n) is 2.06. The molecule has 3 N–H and O–H groups in total. The normalized spacial score (nSPS) is 10.4. The summed E-state index contributed by atoms with van der Waals surface area (Å²) < 4.78 is 0. The number of anilines is 3. The van der Waals surface area contributed by atoms with Crippen LogP contribution in [0, 0.1) is 20.8 Å². The molecule has 2 rings (SSSR count). The van der Waals surface area contributed by atoms with Crippen LogP contribution in [0.2, 0.25) is 0 Å². The maximum absolute atomic E-state index is 5.38. The topological polar surface area (TPSA) is 67.1 Å². The van der Waals surface area contributed by atoms with Crippen LogP contribution >= 0.6 is 0 Å². The molecule has 5 nitrogen and oxygen atoms in total. The molecule has 100 valence electrons. The summed E-state index contributed by atoms with van der Waals surface area (Å²) in [6.07, 6.45) is 0. The first-order valence-electron chi connectivity index (χ1n) is 6.14. The standard InChI is InChI=1S/C14H19N5/c1-9-5-10(2)7-12(6-9)19(4)13-8-11(3)16-14(17-13)18-15/h5-8H,15H2,1-4H3,(H,16,17,18). The molecule has 0 saturated heterocycles. The van der Waals surface area contributed by atoms with Crippen molar-refractivity contribution in [3.05, 3.63) is 41.1 Å². The van der Waals surface area contributed by atoms with E-state index in [1.54, 1.807) is 0 Å². The van der Waals surface area contributed by atoms with Crippen molar-refractivity contribution in [2.45, 2.75) is 20.8 Å². The molecule has 0 aliphatic rings. The molecule has 0 amide bonds. The van der Waals surface area contributed by atoms with E-state index in [0.717, 1.165) is 17.2 Å². The fourth-order valence-corrected chi connectivity index (χ4v) is 2.06. The van der Waals surface area contributed by atoms with Gasteiger partial charge in [-0.3, -0.25) is 5.43 Å². The molecule has 0 unspecified atom stereocenters. The summed E-state index contributed by atoms with van der Waals surface area (Å²) in [5, 5.41) is 0. The van der Waals surface area contributed by atoms with Crippen LogP contribution in [0.15, 0.2) is 24.3 Å². The van der Waals surface area contributed by atoms with E-state index in [1.165, 1.54) is 11.1 Å². The zero-order chi connectivity index (χ0) is 14.0. The molecule has 0 radical (unpaired) electrons. The van der Waals surface area contributed by atoms with Crippen LogP contribution in [-0.2, 0) is 0 Å². The van der Waals surface area contributed by atoms with Crippen molar-refractivity contribution in [2.24, 2.45) is 5.84 Å². The number of benzene rings is 1. The molecular weight excluding hydrogens is 238 g/mol. The van der Waals surface area contributed by atoms with Crippen LogP contribution in [0.25, 0.3) is 0 Å². The Labute approximate surface area is 113 Å². The van der Waals surface area contributed by atoms with Crippen molar-refractivity contribution in [1.82, 2.24) is 9.97 Å². The number of hydrazine groups is 1. The van der Waals surface area contributed by atoms with Gasteiger partial charge in [0, 0.05) is 24.5 Å². The van der Waals surface area contributed by atoms with Crippen LogP contribution in [0.4, 0.5) is 17.5 Å². The maximum Gasteiger partial charge on any atom is 0.239 e. The minimum absolute atomic E-state index is 0.422. The van der Waals surface area contributed by atoms with Gasteiger partial charge in [0.25, 0.3) is 0 Å². The first kappa shape index (κ1) is 13.3. The molecule has 19 heavy (non-hydrogen) atoms. The van der Waals surface area contributed by atoms with Gasteiger partial charge >= 0.3 is 0 Å². The van der Waals surface area contributed by atoms with Gasteiger partial charge in [0.15, 0.2) is 0 Å². The van der Waals surface area contributed by atoms with E-state index in [4.69, 9.17) is 5.84 Å². The summed E-state index contributed by atoms with van der Waals surface area (Å²) in [4.78, 5) is 10.6. The SMILES string of the molecule is Cc1cc(C)cc(N(C)c2cc(C)nc(NN)n2)c1.